The number of hydrogen-bond acceptors (Lipinski definition) is 9. The first kappa shape index (κ1) is 31.7. The summed E-state index contributed by atoms with van der Waals surface area (Å²) in [5.41, 5.74) is 6.15. The van der Waals surface area contributed by atoms with E-state index in [0.717, 1.165) is 22.3 Å². The average Bonchev–Trinajstić information content (AvgIpc) is 2.93. The number of allylic oxidation sites excluding steroid dienone is 3. The fraction of sp³-hybridized carbons (Fsp3) is 0.438. The van der Waals surface area contributed by atoms with Crippen LogP contribution in [0.15, 0.2) is 52.5 Å². The molecule has 0 fully saturated rings. The second-order valence-electron chi connectivity index (χ2n) is 11.7. The quantitative estimate of drug-likeness (QED) is 0.286. The van der Waals surface area contributed by atoms with Crippen LogP contribution in [-0.4, -0.2) is 95.1 Å². The number of carbonyl (C=O) groups is 4. The molecule has 0 aromatic heterocycles. The van der Waals surface area contributed by atoms with Gasteiger partial charge in [0.05, 0.1) is 13.2 Å². The van der Waals surface area contributed by atoms with Crippen LogP contribution in [0.4, 0.5) is 4.79 Å². The van der Waals surface area contributed by atoms with Gasteiger partial charge in [-0.25, -0.2) is 4.79 Å². The molecule has 5 N–H and O–H groups in total. The number of nitrogens with two attached hydrogens (primary N) is 1. The molecule has 11 heteroatoms. The minimum atomic E-state index is -2.62. The zero-order valence-electron chi connectivity index (χ0n) is 25.5. The van der Waals surface area contributed by atoms with E-state index in [1.165, 1.54) is 12.0 Å². The van der Waals surface area contributed by atoms with E-state index < -0.39 is 64.1 Å². The van der Waals surface area contributed by atoms with E-state index >= 15 is 0 Å². The fourth-order valence-corrected chi connectivity index (χ4v) is 6.94. The van der Waals surface area contributed by atoms with Crippen LogP contribution in [0.25, 0.3) is 5.57 Å². The van der Waals surface area contributed by atoms with E-state index in [4.69, 9.17) is 10.5 Å². The van der Waals surface area contributed by atoms with Gasteiger partial charge in [-0.15, -0.1) is 0 Å². The average molecular weight is 594 g/mol. The third-order valence-corrected chi connectivity index (χ3v) is 8.98. The van der Waals surface area contributed by atoms with Crippen molar-refractivity contribution in [3.05, 3.63) is 74.8 Å². The molecule has 0 heterocycles. The van der Waals surface area contributed by atoms with Crippen LogP contribution in [0.3, 0.4) is 0 Å². The molecule has 4 rings (SSSR count). The lowest BCUT2D eigenvalue weighted by Crippen LogP contribution is -2.63. The number of nitrogens with zero attached hydrogens (tertiary/aromatic N) is 2. The van der Waals surface area contributed by atoms with Crippen molar-refractivity contribution in [3.63, 3.8) is 0 Å². The lowest BCUT2D eigenvalue weighted by atomic mass is 9.58. The smallest absolute Gasteiger partial charge is 0.409 e. The number of likely N-dealkylation sites (N-methyl/N-ethyl adjacent to an activating group) is 2. The Morgan fingerprint density at radius 3 is 2.40 bits per heavy atom. The lowest BCUT2D eigenvalue weighted by Gasteiger charge is -2.50. The molecule has 1 aromatic rings. The zero-order chi connectivity index (χ0) is 32.1. The highest BCUT2D eigenvalue weighted by atomic mass is 16.5. The molecule has 0 unspecified atom stereocenters. The normalized spacial score (nSPS) is 25.8. The number of aliphatic hydroxyl groups excluding tert-OH is 2. The molecule has 4 atom stereocenters. The van der Waals surface area contributed by atoms with Crippen molar-refractivity contribution < 1.29 is 39.2 Å². The van der Waals surface area contributed by atoms with E-state index in [1.807, 2.05) is 32.1 Å². The predicted molar refractivity (Wildman–Crippen MR) is 159 cm³/mol. The number of methoxy groups -OCH3 is 1. The van der Waals surface area contributed by atoms with Gasteiger partial charge in [0.1, 0.15) is 17.1 Å². The van der Waals surface area contributed by atoms with Crippen LogP contribution in [-0.2, 0) is 20.7 Å². The van der Waals surface area contributed by atoms with Gasteiger partial charge in [-0.3, -0.25) is 19.3 Å². The van der Waals surface area contributed by atoms with Crippen molar-refractivity contribution in [2.45, 2.75) is 45.3 Å². The number of primary amides is 1. The minimum Gasteiger partial charge on any atom is -0.510 e. The maximum Gasteiger partial charge on any atom is 0.409 e. The van der Waals surface area contributed by atoms with Gasteiger partial charge in [0.15, 0.2) is 11.4 Å². The minimum absolute atomic E-state index is 0.0642. The van der Waals surface area contributed by atoms with Crippen LogP contribution in [0, 0.1) is 18.8 Å². The van der Waals surface area contributed by atoms with Crippen molar-refractivity contribution in [1.29, 1.82) is 0 Å². The Bertz CT molecular complexity index is 1550. The van der Waals surface area contributed by atoms with Gasteiger partial charge in [-0.1, -0.05) is 24.3 Å². The molecule has 0 aliphatic heterocycles. The number of aliphatic hydroxyl groups is 3. The monoisotopic (exact) mass is 593 g/mol. The Kier molecular flexibility index (Phi) is 8.45. The summed E-state index contributed by atoms with van der Waals surface area (Å²) in [6, 6.07) is 2.69. The highest BCUT2D eigenvalue weighted by Gasteiger charge is 2.63. The number of benzene rings is 1. The van der Waals surface area contributed by atoms with Gasteiger partial charge in [-0.2, -0.15) is 0 Å². The summed E-state index contributed by atoms with van der Waals surface area (Å²) in [6.07, 6.45) is 3.63. The number of carbonyl (C=O) groups excluding carboxylic acids is 4. The van der Waals surface area contributed by atoms with Gasteiger partial charge in [0.2, 0.25) is 5.78 Å². The largest absolute Gasteiger partial charge is 0.510 e. The van der Waals surface area contributed by atoms with Gasteiger partial charge >= 0.3 is 6.09 Å². The molecule has 2 amide bonds. The maximum atomic E-state index is 14.2. The highest BCUT2D eigenvalue weighted by molar-refractivity contribution is 6.24. The molecule has 3 aliphatic rings. The number of rotatable bonds is 6. The topological polar surface area (TPSA) is 171 Å². The van der Waals surface area contributed by atoms with E-state index in [2.05, 4.69) is 0 Å². The highest BCUT2D eigenvalue weighted by Crippen LogP contribution is 2.52. The van der Waals surface area contributed by atoms with Crippen molar-refractivity contribution >= 4 is 29.1 Å². The van der Waals surface area contributed by atoms with Gasteiger partial charge in [-0.05, 0) is 81.5 Å². The number of ether oxygens (including phenoxy) is 1. The zero-order valence-corrected chi connectivity index (χ0v) is 25.5. The Morgan fingerprint density at radius 1 is 1.19 bits per heavy atom. The second kappa shape index (κ2) is 11.5. The van der Waals surface area contributed by atoms with Crippen LogP contribution >= 0.6 is 0 Å². The lowest BCUT2D eigenvalue weighted by molar-refractivity contribution is -0.148. The predicted octanol–water partition coefficient (Wildman–Crippen LogP) is 2.77. The third kappa shape index (κ3) is 4.86. The molecule has 1 aromatic carbocycles. The van der Waals surface area contributed by atoms with Crippen molar-refractivity contribution in [2.24, 2.45) is 17.6 Å². The molecule has 0 radical (unpaired) electrons. The van der Waals surface area contributed by atoms with Crippen molar-refractivity contribution in [1.82, 2.24) is 9.80 Å². The summed E-state index contributed by atoms with van der Waals surface area (Å²) < 4.78 is 4.85. The first-order valence-electron chi connectivity index (χ1n) is 14.0. The van der Waals surface area contributed by atoms with E-state index in [0.29, 0.717) is 17.5 Å². The van der Waals surface area contributed by atoms with Gasteiger partial charge in [0.25, 0.3) is 5.91 Å². The molecule has 11 nitrogen and oxygen atoms in total. The second-order valence-corrected chi connectivity index (χ2v) is 11.7. The molecule has 0 spiro atoms. The Labute approximate surface area is 250 Å². The molecular weight excluding hydrogens is 554 g/mol. The Morgan fingerprint density at radius 2 is 1.84 bits per heavy atom. The van der Waals surface area contributed by atoms with E-state index in [9.17, 15) is 34.5 Å². The summed E-state index contributed by atoms with van der Waals surface area (Å²) in [7, 11) is 6.15. The van der Waals surface area contributed by atoms with E-state index in [-0.39, 0.29) is 18.5 Å². The number of aryl methyl sites for hydroxylation is 1. The van der Waals surface area contributed by atoms with Gasteiger partial charge in [0, 0.05) is 30.6 Å². The summed E-state index contributed by atoms with van der Waals surface area (Å²) in [6.45, 7) is 5.80. The standard InChI is InChI=1S/C32H39N3O8/c1-8-9-17(14-35(6)31(41)43-7)16(3)19-11-10-15(2)22-20(19)12-18-13-21-25(34(4)5)27(37)24(30(33)40)29(39)32(21,42)28(38)23(18)26(22)36/h8-11,18,21,25,37-38,42H,12-14H2,1-7H3,(H2,33,40)/b9-8-,17-16-/t18-,21-,25-,32-/m0/s1. The summed E-state index contributed by atoms with van der Waals surface area (Å²) in [5.74, 6) is -6.03. The molecular formula is C32H39N3O8. The molecule has 0 saturated heterocycles. The molecule has 3 aliphatic carbocycles. The number of amides is 2. The molecule has 0 saturated carbocycles. The number of ketones is 2. The Hall–Kier alpha value is -4.22. The number of hydrogen-bond donors (Lipinski definition) is 4. The van der Waals surface area contributed by atoms with Crippen LogP contribution in [0.2, 0.25) is 0 Å². The molecule has 0 bridgehead atoms. The summed E-state index contributed by atoms with van der Waals surface area (Å²) in [4.78, 5) is 55.0. The third-order valence-electron chi connectivity index (χ3n) is 8.98. The first-order valence-corrected chi connectivity index (χ1v) is 14.0. The SMILES string of the molecule is C/C=C\C(CN(C)C(=O)OC)=C(/C)c1ccc(C)c2c1C[C@H]1C[C@H]3[C@H](N(C)C)C(O)=C(C(N)=O)C(=O)[C@@]3(O)C(O)=C1C2=O. The maximum absolute atomic E-state index is 14.2. The number of Topliss-reactive ketones (excluding diaryl/α,β-unsaturated/α-hetero) is 2. The van der Waals surface area contributed by atoms with Crippen LogP contribution in [0.5, 0.6) is 0 Å². The summed E-state index contributed by atoms with van der Waals surface area (Å²) >= 11 is 0. The van der Waals surface area contributed by atoms with Gasteiger partial charge < -0.3 is 30.7 Å². The summed E-state index contributed by atoms with van der Waals surface area (Å²) in [5, 5.41) is 34.4. The Balaban J connectivity index is 1.92. The number of fused-ring (bicyclic) bond motifs is 3. The van der Waals surface area contributed by atoms with E-state index in [1.54, 1.807) is 39.0 Å². The molecule has 43 heavy (non-hydrogen) atoms. The van der Waals surface area contributed by atoms with Crippen LogP contribution in [0.1, 0.15) is 47.3 Å². The van der Waals surface area contributed by atoms with Crippen molar-refractivity contribution in [3.8, 4) is 0 Å². The fourth-order valence-electron chi connectivity index (χ4n) is 6.94. The van der Waals surface area contributed by atoms with Crippen LogP contribution < -0.4 is 5.73 Å². The van der Waals surface area contributed by atoms with Crippen molar-refractivity contribution in [2.75, 3.05) is 34.8 Å². The molecule has 230 valence electrons. The first-order chi connectivity index (χ1) is 20.1.